The zero-order valence-corrected chi connectivity index (χ0v) is 12.6. The molecular formula is C14H18N2O5S. The highest BCUT2D eigenvalue weighted by Gasteiger charge is 2.13. The van der Waals surface area contributed by atoms with Crippen LogP contribution in [0.25, 0.3) is 10.8 Å². The summed E-state index contributed by atoms with van der Waals surface area (Å²) in [5.74, 6) is -0.216. The van der Waals surface area contributed by atoms with Gasteiger partial charge in [0.25, 0.3) is 10.1 Å². The van der Waals surface area contributed by atoms with E-state index in [1.807, 2.05) is 0 Å². The normalized spacial score (nSPS) is 11.7. The highest BCUT2D eigenvalue weighted by molar-refractivity contribution is 7.85. The van der Waals surface area contributed by atoms with Gasteiger partial charge in [-0.05, 0) is 23.6 Å². The van der Waals surface area contributed by atoms with Crippen LogP contribution < -0.4 is 10.6 Å². The quantitative estimate of drug-likeness (QED) is 0.377. The van der Waals surface area contributed by atoms with Crippen molar-refractivity contribution in [2.45, 2.75) is 4.90 Å². The minimum absolute atomic E-state index is 0.0833. The van der Waals surface area contributed by atoms with Crippen molar-refractivity contribution in [1.82, 2.24) is 5.32 Å². The van der Waals surface area contributed by atoms with Crippen LogP contribution in [-0.4, -0.2) is 49.4 Å². The number of nitrogens with one attached hydrogen (secondary N) is 2. The van der Waals surface area contributed by atoms with Gasteiger partial charge in [0.2, 0.25) is 0 Å². The molecule has 0 unspecified atom stereocenters. The fourth-order valence-corrected chi connectivity index (χ4v) is 2.61. The standard InChI is InChI=1S/C14H18N2O5S/c17-6-5-15-3-4-16-11-2-1-10-7-12(22(19,20)21)9-14(18)13(10)8-11/h1-2,7-9,15-18H,3-6H2,(H,19,20,21). The van der Waals surface area contributed by atoms with Gasteiger partial charge in [-0.15, -0.1) is 0 Å². The van der Waals surface area contributed by atoms with Gasteiger partial charge in [-0.1, -0.05) is 6.07 Å². The van der Waals surface area contributed by atoms with Gasteiger partial charge in [0.1, 0.15) is 5.75 Å². The van der Waals surface area contributed by atoms with Crippen LogP contribution in [0.15, 0.2) is 35.2 Å². The largest absolute Gasteiger partial charge is 0.507 e. The van der Waals surface area contributed by atoms with Crippen LogP contribution in [0.5, 0.6) is 5.75 Å². The molecule has 7 nitrogen and oxygen atoms in total. The molecule has 120 valence electrons. The first-order valence-corrected chi connectivity index (χ1v) is 8.15. The smallest absolute Gasteiger partial charge is 0.294 e. The summed E-state index contributed by atoms with van der Waals surface area (Å²) in [6.45, 7) is 1.92. The molecule has 2 rings (SSSR count). The van der Waals surface area contributed by atoms with E-state index in [4.69, 9.17) is 9.66 Å². The Bertz CT molecular complexity index is 761. The zero-order chi connectivity index (χ0) is 16.2. The minimum Gasteiger partial charge on any atom is -0.507 e. The lowest BCUT2D eigenvalue weighted by atomic mass is 10.1. The first kappa shape index (κ1) is 16.5. The molecule has 2 aromatic rings. The van der Waals surface area contributed by atoms with Gasteiger partial charge in [-0.3, -0.25) is 4.55 Å². The SMILES string of the molecule is O=S(=O)(O)c1cc(O)c2cc(NCCNCCO)ccc2c1. The molecule has 0 saturated carbocycles. The summed E-state index contributed by atoms with van der Waals surface area (Å²) in [6.07, 6.45) is 0. The Morgan fingerprint density at radius 2 is 1.82 bits per heavy atom. The molecule has 8 heteroatoms. The van der Waals surface area contributed by atoms with E-state index < -0.39 is 10.1 Å². The first-order valence-electron chi connectivity index (χ1n) is 6.71. The summed E-state index contributed by atoms with van der Waals surface area (Å²) in [4.78, 5) is -0.341. The third-order valence-electron chi connectivity index (χ3n) is 3.12. The lowest BCUT2D eigenvalue weighted by molar-refractivity contribution is 0.293. The second-order valence-corrected chi connectivity index (χ2v) is 6.18. The number of benzene rings is 2. The molecule has 0 bridgehead atoms. The molecule has 0 amide bonds. The molecule has 0 atom stereocenters. The molecule has 0 aliphatic carbocycles. The Labute approximate surface area is 128 Å². The van der Waals surface area contributed by atoms with Crippen LogP contribution in [0.3, 0.4) is 0 Å². The van der Waals surface area contributed by atoms with Crippen molar-refractivity contribution >= 4 is 26.6 Å². The van der Waals surface area contributed by atoms with E-state index in [1.54, 1.807) is 18.2 Å². The third kappa shape index (κ3) is 4.08. The average molecular weight is 326 g/mol. The number of aromatic hydroxyl groups is 1. The van der Waals surface area contributed by atoms with Crippen molar-refractivity contribution in [3.8, 4) is 5.75 Å². The summed E-state index contributed by atoms with van der Waals surface area (Å²) >= 11 is 0. The maximum Gasteiger partial charge on any atom is 0.294 e. The molecule has 0 saturated heterocycles. The minimum atomic E-state index is -4.35. The van der Waals surface area contributed by atoms with Crippen LogP contribution >= 0.6 is 0 Å². The number of aliphatic hydroxyl groups excluding tert-OH is 1. The van der Waals surface area contributed by atoms with Gasteiger partial charge in [0.15, 0.2) is 0 Å². The van der Waals surface area contributed by atoms with E-state index in [0.717, 1.165) is 11.8 Å². The Morgan fingerprint density at radius 3 is 2.50 bits per heavy atom. The maximum absolute atomic E-state index is 11.1. The van der Waals surface area contributed by atoms with Crippen LogP contribution in [0, 0.1) is 0 Å². The van der Waals surface area contributed by atoms with Gasteiger partial charge in [-0.2, -0.15) is 8.42 Å². The molecule has 0 aromatic heterocycles. The number of anilines is 1. The van der Waals surface area contributed by atoms with E-state index >= 15 is 0 Å². The topological polar surface area (TPSA) is 119 Å². The van der Waals surface area contributed by atoms with E-state index in [-0.39, 0.29) is 17.3 Å². The van der Waals surface area contributed by atoms with E-state index in [2.05, 4.69) is 10.6 Å². The van der Waals surface area contributed by atoms with Crippen molar-refractivity contribution in [1.29, 1.82) is 0 Å². The summed E-state index contributed by atoms with van der Waals surface area (Å²) in [5.41, 5.74) is 0.771. The molecule has 2 aromatic carbocycles. The van der Waals surface area contributed by atoms with Crippen LogP contribution in [0.4, 0.5) is 5.69 Å². The number of hydrogen-bond donors (Lipinski definition) is 5. The third-order valence-corrected chi connectivity index (χ3v) is 3.95. The van der Waals surface area contributed by atoms with Gasteiger partial charge < -0.3 is 20.8 Å². The van der Waals surface area contributed by atoms with Gasteiger partial charge in [0, 0.05) is 36.8 Å². The van der Waals surface area contributed by atoms with Gasteiger partial charge in [0.05, 0.1) is 11.5 Å². The fourth-order valence-electron chi connectivity index (χ4n) is 2.07. The number of fused-ring (bicyclic) bond motifs is 1. The van der Waals surface area contributed by atoms with Gasteiger partial charge in [-0.25, -0.2) is 0 Å². The van der Waals surface area contributed by atoms with Crippen molar-refractivity contribution in [3.63, 3.8) is 0 Å². The average Bonchev–Trinajstić information content (AvgIpc) is 2.46. The Morgan fingerprint density at radius 1 is 1.05 bits per heavy atom. The monoisotopic (exact) mass is 326 g/mol. The molecule has 0 heterocycles. The van der Waals surface area contributed by atoms with E-state index in [0.29, 0.717) is 30.4 Å². The number of phenolic OH excluding ortho intramolecular Hbond substituents is 1. The summed E-state index contributed by atoms with van der Waals surface area (Å²) < 4.78 is 31.3. The maximum atomic E-state index is 11.1. The van der Waals surface area contributed by atoms with Crippen molar-refractivity contribution in [2.75, 3.05) is 31.6 Å². The molecule has 22 heavy (non-hydrogen) atoms. The van der Waals surface area contributed by atoms with Gasteiger partial charge >= 0.3 is 0 Å². The number of hydrogen-bond acceptors (Lipinski definition) is 6. The Balaban J connectivity index is 2.19. The van der Waals surface area contributed by atoms with E-state index in [9.17, 15) is 13.5 Å². The van der Waals surface area contributed by atoms with Crippen LogP contribution in [-0.2, 0) is 10.1 Å². The van der Waals surface area contributed by atoms with Crippen molar-refractivity contribution in [2.24, 2.45) is 0 Å². The molecule has 0 aliphatic rings. The molecule has 0 radical (unpaired) electrons. The van der Waals surface area contributed by atoms with Crippen LogP contribution in [0.2, 0.25) is 0 Å². The summed E-state index contributed by atoms with van der Waals surface area (Å²) in [6, 6.07) is 7.43. The zero-order valence-electron chi connectivity index (χ0n) is 11.8. The highest BCUT2D eigenvalue weighted by Crippen LogP contribution is 2.30. The summed E-state index contributed by atoms with van der Waals surface area (Å²) in [5, 5.41) is 25.7. The van der Waals surface area contributed by atoms with Crippen molar-refractivity contribution < 1.29 is 23.2 Å². The number of aliphatic hydroxyl groups is 1. The molecule has 5 N–H and O–H groups in total. The number of phenols is 1. The van der Waals surface area contributed by atoms with Crippen molar-refractivity contribution in [3.05, 3.63) is 30.3 Å². The molecule has 0 aliphatic heterocycles. The molecule has 0 spiro atoms. The Kier molecular flexibility index (Phi) is 5.19. The lowest BCUT2D eigenvalue weighted by Crippen LogP contribution is -2.24. The first-order chi connectivity index (χ1) is 10.4. The predicted octanol–water partition coefficient (Wildman–Crippen LogP) is 0.786. The summed E-state index contributed by atoms with van der Waals surface area (Å²) in [7, 11) is -4.35. The fraction of sp³-hybridized carbons (Fsp3) is 0.286. The Hall–Kier alpha value is -1.87. The number of rotatable bonds is 7. The molecule has 0 fully saturated rings. The highest BCUT2D eigenvalue weighted by atomic mass is 32.2. The van der Waals surface area contributed by atoms with E-state index in [1.165, 1.54) is 6.07 Å². The lowest BCUT2D eigenvalue weighted by Gasteiger charge is -2.10. The second kappa shape index (κ2) is 6.93. The molecular weight excluding hydrogens is 308 g/mol. The predicted molar refractivity (Wildman–Crippen MR) is 83.9 cm³/mol. The second-order valence-electron chi connectivity index (χ2n) is 4.75. The van der Waals surface area contributed by atoms with Crippen LogP contribution in [0.1, 0.15) is 0 Å².